The zero-order valence-corrected chi connectivity index (χ0v) is 22.5. The molecule has 0 amide bonds. The van der Waals surface area contributed by atoms with Gasteiger partial charge in [0.1, 0.15) is 11.5 Å². The van der Waals surface area contributed by atoms with Crippen molar-refractivity contribution in [2.45, 2.75) is 18.0 Å². The van der Waals surface area contributed by atoms with Gasteiger partial charge in [0.05, 0.1) is 26.5 Å². The molecule has 0 saturated carbocycles. The van der Waals surface area contributed by atoms with Gasteiger partial charge in [-0.1, -0.05) is 91.0 Å². The van der Waals surface area contributed by atoms with Crippen molar-refractivity contribution in [2.24, 2.45) is 10.5 Å². The molecule has 1 saturated heterocycles. The van der Waals surface area contributed by atoms with Crippen LogP contribution in [0.25, 0.3) is 0 Å². The predicted octanol–water partition coefficient (Wildman–Crippen LogP) is 5.51. The molecule has 1 aliphatic carbocycles. The molecule has 0 aromatic heterocycles. The molecular weight excluding hydrogens is 516 g/mol. The molecule has 7 nitrogen and oxygen atoms in total. The van der Waals surface area contributed by atoms with E-state index in [1.165, 1.54) is 14.2 Å². The Morgan fingerprint density at radius 1 is 0.756 bits per heavy atom. The van der Waals surface area contributed by atoms with Gasteiger partial charge >= 0.3 is 0 Å². The maximum atomic E-state index is 14.9. The second-order valence-corrected chi connectivity index (χ2v) is 10.5. The maximum Gasteiger partial charge on any atom is 0.187 e. The van der Waals surface area contributed by atoms with Crippen LogP contribution in [-0.2, 0) is 0 Å². The number of para-hydroxylation sites is 1. The number of fused-ring (bicyclic) bond motifs is 5. The lowest BCUT2D eigenvalue weighted by molar-refractivity contribution is 0.0585. The second kappa shape index (κ2) is 9.27. The number of ketones is 3. The highest BCUT2D eigenvalue weighted by atomic mass is 16.5. The molecule has 2 heterocycles. The summed E-state index contributed by atoms with van der Waals surface area (Å²) in [4.78, 5) is 44.3. The summed E-state index contributed by atoms with van der Waals surface area (Å²) in [5.74, 6) is -1.01. The third-order valence-electron chi connectivity index (χ3n) is 8.67. The average molecular weight is 543 g/mol. The first kappa shape index (κ1) is 25.0. The van der Waals surface area contributed by atoms with Crippen LogP contribution < -0.4 is 9.47 Å². The molecule has 1 fully saturated rings. The number of carbonyl (C=O) groups is 3. The van der Waals surface area contributed by atoms with Crippen LogP contribution in [0.5, 0.6) is 11.5 Å². The van der Waals surface area contributed by atoms with E-state index in [1.54, 1.807) is 71.9 Å². The van der Waals surface area contributed by atoms with Gasteiger partial charge < -0.3 is 9.47 Å². The molecular formula is C34H26N2O5. The van der Waals surface area contributed by atoms with Crippen LogP contribution in [0, 0.1) is 5.41 Å². The van der Waals surface area contributed by atoms with Gasteiger partial charge in [0.2, 0.25) is 0 Å². The van der Waals surface area contributed by atoms with Gasteiger partial charge in [0, 0.05) is 28.2 Å². The predicted molar refractivity (Wildman–Crippen MR) is 153 cm³/mol. The first-order chi connectivity index (χ1) is 20.0. The Morgan fingerprint density at radius 3 is 2.07 bits per heavy atom. The lowest BCUT2D eigenvalue weighted by Crippen LogP contribution is -2.44. The van der Waals surface area contributed by atoms with Crippen LogP contribution in [0.15, 0.2) is 102 Å². The molecule has 1 unspecified atom stereocenters. The molecule has 3 atom stereocenters. The first-order valence-electron chi connectivity index (χ1n) is 13.4. The molecule has 0 N–H and O–H groups in total. The zero-order chi connectivity index (χ0) is 28.3. The summed E-state index contributed by atoms with van der Waals surface area (Å²) in [5.41, 5.74) is 1.59. The van der Waals surface area contributed by atoms with Crippen LogP contribution in [0.1, 0.15) is 59.7 Å². The summed E-state index contributed by atoms with van der Waals surface area (Å²) in [5, 5.41) is 6.48. The smallest absolute Gasteiger partial charge is 0.187 e. The Hall–Kier alpha value is -5.04. The summed E-state index contributed by atoms with van der Waals surface area (Å²) in [7, 11) is 3.05. The van der Waals surface area contributed by atoms with Gasteiger partial charge in [-0.3, -0.25) is 19.4 Å². The Labute approximate surface area is 237 Å². The van der Waals surface area contributed by atoms with E-state index in [9.17, 15) is 14.4 Å². The van der Waals surface area contributed by atoms with Gasteiger partial charge in [0.15, 0.2) is 28.8 Å². The van der Waals surface area contributed by atoms with E-state index in [-0.39, 0.29) is 17.3 Å². The molecule has 7 heteroatoms. The minimum atomic E-state index is -1.69. The van der Waals surface area contributed by atoms with E-state index in [2.05, 4.69) is 0 Å². The van der Waals surface area contributed by atoms with Crippen molar-refractivity contribution in [3.63, 3.8) is 0 Å². The van der Waals surface area contributed by atoms with E-state index in [1.807, 2.05) is 36.4 Å². The van der Waals surface area contributed by atoms with Gasteiger partial charge in [0.25, 0.3) is 0 Å². The summed E-state index contributed by atoms with van der Waals surface area (Å²) in [6.45, 7) is 0. The van der Waals surface area contributed by atoms with Crippen LogP contribution in [-0.4, -0.2) is 48.8 Å². The van der Waals surface area contributed by atoms with Crippen LogP contribution in [0.2, 0.25) is 0 Å². The Morgan fingerprint density at radius 2 is 1.39 bits per heavy atom. The summed E-state index contributed by atoms with van der Waals surface area (Å²) in [6.07, 6.45) is 1.70. The number of ether oxygens (including phenoxy) is 2. The number of Topliss-reactive ketones (excluding diaryl/α,β-unsaturated/α-hetero) is 3. The van der Waals surface area contributed by atoms with Crippen molar-refractivity contribution in [3.8, 4) is 11.5 Å². The highest BCUT2D eigenvalue weighted by molar-refractivity contribution is 6.31. The minimum absolute atomic E-state index is 0.240. The van der Waals surface area contributed by atoms with E-state index in [4.69, 9.17) is 14.6 Å². The SMILES string of the molecule is COc1cccc([C@@H]2[C@@H](C(=O)c3ccccc3)N3N=Cc4ccccc4C3C23C(=O)c2ccccc2C3=O)c1OC. The van der Waals surface area contributed by atoms with Gasteiger partial charge in [-0.15, -0.1) is 0 Å². The summed E-state index contributed by atoms with van der Waals surface area (Å²) >= 11 is 0. The summed E-state index contributed by atoms with van der Waals surface area (Å²) in [6, 6.07) is 27.0. The quantitative estimate of drug-likeness (QED) is 0.244. The van der Waals surface area contributed by atoms with Crippen LogP contribution >= 0.6 is 0 Å². The van der Waals surface area contributed by atoms with Crippen molar-refractivity contribution in [1.82, 2.24) is 5.01 Å². The van der Waals surface area contributed by atoms with Crippen LogP contribution in [0.4, 0.5) is 0 Å². The normalized spacial score (nSPS) is 21.4. The fourth-order valence-corrected chi connectivity index (χ4v) is 7.05. The number of nitrogens with zero attached hydrogens (tertiary/aromatic N) is 2. The standard InChI is InChI=1S/C34H26N2O5/c1-40-26-18-10-17-25(30(26)41-2)27-28(29(37)20-11-4-3-5-12-20)36-31(22-14-7-6-13-21(22)19-35-36)34(27)32(38)23-15-8-9-16-24(23)33(34)39/h3-19,27-28,31H,1-2H3/t27-,28+,31?/m1/s1. The Kier molecular flexibility index (Phi) is 5.64. The molecule has 202 valence electrons. The van der Waals surface area contributed by atoms with Crippen molar-refractivity contribution in [3.05, 3.63) is 130 Å². The van der Waals surface area contributed by atoms with E-state index in [0.717, 1.165) is 11.1 Å². The van der Waals surface area contributed by atoms with E-state index >= 15 is 0 Å². The largest absolute Gasteiger partial charge is 0.493 e. The lowest BCUT2D eigenvalue weighted by atomic mass is 9.62. The maximum absolute atomic E-state index is 14.9. The van der Waals surface area contributed by atoms with Crippen molar-refractivity contribution in [1.29, 1.82) is 0 Å². The van der Waals surface area contributed by atoms with Gasteiger partial charge in [-0.05, 0) is 17.2 Å². The Bertz CT molecular complexity index is 1730. The number of benzene rings is 4. The van der Waals surface area contributed by atoms with E-state index in [0.29, 0.717) is 33.8 Å². The number of methoxy groups -OCH3 is 2. The highest BCUT2D eigenvalue weighted by Gasteiger charge is 2.73. The lowest BCUT2D eigenvalue weighted by Gasteiger charge is -2.36. The van der Waals surface area contributed by atoms with E-state index < -0.39 is 23.4 Å². The van der Waals surface area contributed by atoms with Gasteiger partial charge in [-0.2, -0.15) is 5.10 Å². The average Bonchev–Trinajstić information content (AvgIpc) is 3.46. The number of hydrogen-bond acceptors (Lipinski definition) is 7. The molecule has 41 heavy (non-hydrogen) atoms. The van der Waals surface area contributed by atoms with Gasteiger partial charge in [-0.25, -0.2) is 0 Å². The molecule has 1 spiro atoms. The second-order valence-electron chi connectivity index (χ2n) is 10.5. The topological polar surface area (TPSA) is 85.3 Å². The third kappa shape index (κ3) is 3.26. The fraction of sp³-hybridized carbons (Fsp3) is 0.176. The van der Waals surface area contributed by atoms with Crippen LogP contribution in [0.3, 0.4) is 0 Å². The highest BCUT2D eigenvalue weighted by Crippen LogP contribution is 2.66. The molecule has 3 aliphatic rings. The zero-order valence-electron chi connectivity index (χ0n) is 22.5. The number of rotatable bonds is 5. The van der Waals surface area contributed by atoms with Crippen molar-refractivity contribution >= 4 is 23.6 Å². The molecule has 7 rings (SSSR count). The molecule has 4 aromatic rings. The third-order valence-corrected chi connectivity index (χ3v) is 8.67. The monoisotopic (exact) mass is 542 g/mol. The number of hydrazone groups is 1. The Balaban J connectivity index is 1.59. The molecule has 0 bridgehead atoms. The first-order valence-corrected chi connectivity index (χ1v) is 13.4. The fourth-order valence-electron chi connectivity index (χ4n) is 7.05. The number of hydrogen-bond donors (Lipinski definition) is 0. The molecule has 4 aromatic carbocycles. The molecule has 2 aliphatic heterocycles. The summed E-state index contributed by atoms with van der Waals surface area (Å²) < 4.78 is 11.5. The minimum Gasteiger partial charge on any atom is -0.493 e. The van der Waals surface area contributed by atoms with Crippen molar-refractivity contribution in [2.75, 3.05) is 14.2 Å². The van der Waals surface area contributed by atoms with Crippen molar-refractivity contribution < 1.29 is 23.9 Å². The number of carbonyl (C=O) groups excluding carboxylic acids is 3. The molecule has 0 radical (unpaired) electrons.